The van der Waals surface area contributed by atoms with Crippen LogP contribution in [0.2, 0.25) is 0 Å². The van der Waals surface area contributed by atoms with Crippen LogP contribution >= 0.6 is 0 Å². The molecule has 2 heterocycles. The number of hydrogen-bond acceptors (Lipinski definition) is 5. The Balaban J connectivity index is 1.96. The van der Waals surface area contributed by atoms with Gasteiger partial charge >= 0.3 is 0 Å². The van der Waals surface area contributed by atoms with Gasteiger partial charge in [0.15, 0.2) is 0 Å². The molecular weight excluding hydrogens is 254 g/mol. The van der Waals surface area contributed by atoms with E-state index in [1.54, 1.807) is 6.07 Å². The molecule has 0 aliphatic carbocycles. The standard InChI is InChI=1S/C14H23N5O/c1-18(2)9-6-15-14(20)12-10-13(17-11-16-12)19-7-4-3-5-8-19/h10-11H,3-9H2,1-2H3,(H,15,20). The summed E-state index contributed by atoms with van der Waals surface area (Å²) >= 11 is 0. The third-order valence-corrected chi connectivity index (χ3v) is 3.41. The summed E-state index contributed by atoms with van der Waals surface area (Å²) in [4.78, 5) is 24.6. The first-order valence-electron chi connectivity index (χ1n) is 7.17. The van der Waals surface area contributed by atoms with Crippen LogP contribution in [0, 0.1) is 0 Å². The number of nitrogens with zero attached hydrogens (tertiary/aromatic N) is 4. The minimum absolute atomic E-state index is 0.132. The normalized spacial score (nSPS) is 15.4. The zero-order valence-corrected chi connectivity index (χ0v) is 12.3. The van der Waals surface area contributed by atoms with Gasteiger partial charge in [-0.1, -0.05) is 0 Å². The van der Waals surface area contributed by atoms with Crippen LogP contribution in [0.1, 0.15) is 29.8 Å². The third kappa shape index (κ3) is 4.16. The second-order valence-electron chi connectivity index (χ2n) is 5.37. The molecule has 0 aromatic carbocycles. The van der Waals surface area contributed by atoms with E-state index in [0.717, 1.165) is 25.5 Å². The van der Waals surface area contributed by atoms with E-state index < -0.39 is 0 Å². The number of aromatic nitrogens is 2. The lowest BCUT2D eigenvalue weighted by molar-refractivity contribution is 0.0946. The maximum atomic E-state index is 12.0. The van der Waals surface area contributed by atoms with Gasteiger partial charge in [-0.05, 0) is 33.4 Å². The fourth-order valence-corrected chi connectivity index (χ4v) is 2.25. The average Bonchev–Trinajstić information content (AvgIpc) is 2.48. The van der Waals surface area contributed by atoms with E-state index in [1.807, 2.05) is 19.0 Å². The summed E-state index contributed by atoms with van der Waals surface area (Å²) < 4.78 is 0. The highest BCUT2D eigenvalue weighted by atomic mass is 16.1. The summed E-state index contributed by atoms with van der Waals surface area (Å²) in [5, 5.41) is 2.87. The maximum Gasteiger partial charge on any atom is 0.270 e. The van der Waals surface area contributed by atoms with Gasteiger partial charge in [-0.2, -0.15) is 0 Å². The van der Waals surface area contributed by atoms with E-state index in [-0.39, 0.29) is 5.91 Å². The van der Waals surface area contributed by atoms with Crippen LogP contribution in [0.15, 0.2) is 12.4 Å². The monoisotopic (exact) mass is 277 g/mol. The van der Waals surface area contributed by atoms with Gasteiger partial charge in [0.25, 0.3) is 5.91 Å². The van der Waals surface area contributed by atoms with Crippen molar-refractivity contribution < 1.29 is 4.79 Å². The molecule has 1 fully saturated rings. The quantitative estimate of drug-likeness (QED) is 0.861. The van der Waals surface area contributed by atoms with Crippen molar-refractivity contribution in [1.82, 2.24) is 20.2 Å². The van der Waals surface area contributed by atoms with Crippen molar-refractivity contribution >= 4 is 11.7 Å². The highest BCUT2D eigenvalue weighted by Crippen LogP contribution is 2.17. The van der Waals surface area contributed by atoms with Gasteiger partial charge in [0, 0.05) is 32.2 Å². The summed E-state index contributed by atoms with van der Waals surface area (Å²) in [6.45, 7) is 3.46. The average molecular weight is 277 g/mol. The molecule has 1 saturated heterocycles. The van der Waals surface area contributed by atoms with Gasteiger partial charge in [-0.25, -0.2) is 9.97 Å². The van der Waals surface area contributed by atoms with E-state index in [4.69, 9.17) is 0 Å². The molecule has 1 aromatic heterocycles. The third-order valence-electron chi connectivity index (χ3n) is 3.41. The smallest absolute Gasteiger partial charge is 0.270 e. The number of carbonyl (C=O) groups is 1. The summed E-state index contributed by atoms with van der Waals surface area (Å²) in [6.07, 6.45) is 5.13. The van der Waals surface area contributed by atoms with Crippen LogP contribution in [0.5, 0.6) is 0 Å². The Morgan fingerprint density at radius 3 is 2.75 bits per heavy atom. The zero-order valence-electron chi connectivity index (χ0n) is 12.3. The lowest BCUT2D eigenvalue weighted by Crippen LogP contribution is -2.33. The van der Waals surface area contributed by atoms with Crippen molar-refractivity contribution in [1.29, 1.82) is 0 Å². The van der Waals surface area contributed by atoms with Crippen molar-refractivity contribution in [3.63, 3.8) is 0 Å². The SMILES string of the molecule is CN(C)CCNC(=O)c1cc(N2CCCCC2)ncn1. The number of nitrogens with one attached hydrogen (secondary N) is 1. The van der Waals surface area contributed by atoms with Crippen LogP contribution < -0.4 is 10.2 Å². The van der Waals surface area contributed by atoms with Crippen LogP contribution in [0.25, 0.3) is 0 Å². The molecular formula is C14H23N5O. The molecule has 0 atom stereocenters. The number of hydrogen-bond donors (Lipinski definition) is 1. The molecule has 0 saturated carbocycles. The van der Waals surface area contributed by atoms with E-state index in [2.05, 4.69) is 20.2 Å². The highest BCUT2D eigenvalue weighted by molar-refractivity contribution is 5.92. The van der Waals surface area contributed by atoms with Crippen molar-refractivity contribution in [2.45, 2.75) is 19.3 Å². The number of likely N-dealkylation sites (N-methyl/N-ethyl adjacent to an activating group) is 1. The molecule has 1 N–H and O–H groups in total. The molecule has 6 heteroatoms. The molecule has 0 bridgehead atoms. The Hall–Kier alpha value is -1.69. The fourth-order valence-electron chi connectivity index (χ4n) is 2.25. The van der Waals surface area contributed by atoms with E-state index >= 15 is 0 Å². The first-order chi connectivity index (χ1) is 9.66. The second kappa shape index (κ2) is 7.19. The summed E-state index contributed by atoms with van der Waals surface area (Å²) in [7, 11) is 3.95. The second-order valence-corrected chi connectivity index (χ2v) is 5.37. The predicted molar refractivity (Wildman–Crippen MR) is 79.0 cm³/mol. The lowest BCUT2D eigenvalue weighted by atomic mass is 10.1. The molecule has 20 heavy (non-hydrogen) atoms. The van der Waals surface area contributed by atoms with Crippen molar-refractivity contribution in [3.05, 3.63) is 18.1 Å². The first kappa shape index (κ1) is 14.7. The van der Waals surface area contributed by atoms with E-state index in [0.29, 0.717) is 12.2 Å². The zero-order chi connectivity index (χ0) is 14.4. The van der Waals surface area contributed by atoms with Crippen LogP contribution in [0.3, 0.4) is 0 Å². The number of rotatable bonds is 5. The summed E-state index contributed by atoms with van der Waals surface area (Å²) in [5.41, 5.74) is 0.444. The molecule has 0 spiro atoms. The van der Waals surface area contributed by atoms with Crippen molar-refractivity contribution in [3.8, 4) is 0 Å². The fraction of sp³-hybridized carbons (Fsp3) is 0.643. The van der Waals surface area contributed by atoms with Gasteiger partial charge in [0.1, 0.15) is 17.8 Å². The Kier molecular flexibility index (Phi) is 5.29. The Morgan fingerprint density at radius 1 is 1.30 bits per heavy atom. The molecule has 110 valence electrons. The topological polar surface area (TPSA) is 61.4 Å². The molecule has 2 rings (SSSR count). The minimum Gasteiger partial charge on any atom is -0.357 e. The summed E-state index contributed by atoms with van der Waals surface area (Å²) in [5.74, 6) is 0.727. The van der Waals surface area contributed by atoms with Gasteiger partial charge < -0.3 is 15.1 Å². The lowest BCUT2D eigenvalue weighted by Gasteiger charge is -2.27. The van der Waals surface area contributed by atoms with Gasteiger partial charge in [-0.3, -0.25) is 4.79 Å². The number of piperidine rings is 1. The van der Waals surface area contributed by atoms with E-state index in [9.17, 15) is 4.79 Å². The number of carbonyl (C=O) groups excluding carboxylic acids is 1. The Labute approximate surface area is 120 Å². The summed E-state index contributed by atoms with van der Waals surface area (Å²) in [6, 6.07) is 1.79. The first-order valence-corrected chi connectivity index (χ1v) is 7.17. The molecule has 1 aliphatic heterocycles. The van der Waals surface area contributed by atoms with Crippen molar-refractivity contribution in [2.75, 3.05) is 45.2 Å². The van der Waals surface area contributed by atoms with Crippen molar-refractivity contribution in [2.24, 2.45) is 0 Å². The molecule has 1 aromatic rings. The molecule has 0 unspecified atom stereocenters. The predicted octanol–water partition coefficient (Wildman–Crippen LogP) is 0.758. The minimum atomic E-state index is -0.132. The highest BCUT2D eigenvalue weighted by Gasteiger charge is 2.15. The van der Waals surface area contributed by atoms with Gasteiger partial charge in [-0.15, -0.1) is 0 Å². The Morgan fingerprint density at radius 2 is 2.05 bits per heavy atom. The van der Waals surface area contributed by atoms with Gasteiger partial charge in [0.05, 0.1) is 0 Å². The maximum absolute atomic E-state index is 12.0. The van der Waals surface area contributed by atoms with Crippen LogP contribution in [0.4, 0.5) is 5.82 Å². The Bertz CT molecular complexity index is 443. The largest absolute Gasteiger partial charge is 0.357 e. The molecule has 0 radical (unpaired) electrons. The molecule has 1 amide bonds. The van der Waals surface area contributed by atoms with Crippen LogP contribution in [-0.2, 0) is 0 Å². The molecule has 6 nitrogen and oxygen atoms in total. The van der Waals surface area contributed by atoms with Gasteiger partial charge in [0.2, 0.25) is 0 Å². The number of amides is 1. The van der Waals surface area contributed by atoms with E-state index in [1.165, 1.54) is 25.6 Å². The number of anilines is 1. The molecule has 1 aliphatic rings. The van der Waals surface area contributed by atoms with Crippen LogP contribution in [-0.4, -0.2) is 61.0 Å².